The zero-order chi connectivity index (χ0) is 63.9. The van der Waals surface area contributed by atoms with E-state index in [-0.39, 0.29) is 28.5 Å². The molecule has 0 radical (unpaired) electrons. The van der Waals surface area contributed by atoms with Crippen molar-refractivity contribution in [3.63, 3.8) is 0 Å². The largest absolute Gasteiger partial charge is 0.508 e. The Balaban J connectivity index is 0.686. The van der Waals surface area contributed by atoms with Gasteiger partial charge < -0.3 is 61.2 Å². The third-order valence-electron chi connectivity index (χ3n) is 19.1. The molecule has 17 rings (SSSR count). The summed E-state index contributed by atoms with van der Waals surface area (Å²) in [7, 11) is 0. The van der Waals surface area contributed by atoms with E-state index in [1.165, 1.54) is 39.9 Å². The van der Waals surface area contributed by atoms with Gasteiger partial charge in [-0.15, -0.1) is 0 Å². The molecule has 15 heteroatoms. The second-order valence-electron chi connectivity index (χ2n) is 25.4. The minimum absolute atomic E-state index is 0.0481. The lowest BCUT2D eigenvalue weighted by atomic mass is 9.64. The summed E-state index contributed by atoms with van der Waals surface area (Å²) in [5.41, 5.74) is 38.2. The van der Waals surface area contributed by atoms with Gasteiger partial charge >= 0.3 is 0 Å². The number of fused-ring (bicyclic) bond motifs is 11. The fraction of sp³-hybridized carbons (Fsp3) is 0.0886. The molecule has 10 N–H and O–H groups in total. The van der Waals surface area contributed by atoms with Gasteiger partial charge in [0, 0.05) is 75.3 Å². The molecule has 13 aromatic rings. The minimum Gasteiger partial charge on any atom is -0.508 e. The van der Waals surface area contributed by atoms with E-state index in [9.17, 15) is 10.2 Å². The van der Waals surface area contributed by atoms with Gasteiger partial charge in [0.2, 0.25) is 0 Å². The molecule has 0 amide bonds. The number of nitrogens with one attached hydrogen (secondary N) is 2. The molecule has 15 nitrogen and oxygen atoms in total. The number of phenolic OH excluding ortho intramolecular Hbond substituents is 2. The van der Waals surface area contributed by atoms with Crippen LogP contribution >= 0.6 is 0 Å². The highest BCUT2D eigenvalue weighted by atomic mass is 16.7. The maximum atomic E-state index is 10.7. The number of anilines is 10. The average Bonchev–Trinajstić information content (AvgIpc) is 0.982. The van der Waals surface area contributed by atoms with E-state index in [1.807, 2.05) is 54.6 Å². The number of benzene rings is 12. The molecule has 1 aliphatic carbocycles. The summed E-state index contributed by atoms with van der Waals surface area (Å²) in [6.45, 7) is 9.09. The minimum atomic E-state index is -0.586. The van der Waals surface area contributed by atoms with Crippen molar-refractivity contribution in [2.45, 2.75) is 44.4 Å². The number of phenols is 2. The summed E-state index contributed by atoms with van der Waals surface area (Å²) < 4.78 is 20.5. The van der Waals surface area contributed by atoms with Gasteiger partial charge in [0.25, 0.3) is 0 Å². The number of nitrogens with two attached hydrogens (primary N) is 3. The van der Waals surface area contributed by atoms with Crippen molar-refractivity contribution in [3.05, 3.63) is 276 Å². The molecule has 4 heterocycles. The van der Waals surface area contributed by atoms with Crippen LogP contribution < -0.4 is 62.0 Å². The molecule has 0 fully saturated rings. The summed E-state index contributed by atoms with van der Waals surface area (Å²) in [5, 5.41) is 23.2. The number of aromatic hydroxyl groups is 2. The van der Waals surface area contributed by atoms with Crippen molar-refractivity contribution in [2.75, 3.05) is 38.1 Å². The highest BCUT2D eigenvalue weighted by Crippen LogP contribution is 2.57. The number of nitrogens with zero attached hydrogens (tertiary/aromatic N) is 3. The summed E-state index contributed by atoms with van der Waals surface area (Å²) >= 11 is 0. The van der Waals surface area contributed by atoms with E-state index in [1.54, 1.807) is 28.9 Å². The van der Waals surface area contributed by atoms with Crippen molar-refractivity contribution >= 4 is 78.7 Å². The van der Waals surface area contributed by atoms with Crippen molar-refractivity contribution in [1.82, 2.24) is 4.68 Å². The predicted octanol–water partition coefficient (Wildman–Crippen LogP) is 19.0. The van der Waals surface area contributed by atoms with Crippen LogP contribution in [0.25, 0.3) is 32.9 Å². The molecular weight excluding hydrogens is 1170 g/mol. The number of aromatic nitrogens is 1. The Kier molecular flexibility index (Phi) is 12.3. The summed E-state index contributed by atoms with van der Waals surface area (Å²) in [5.74, 6) is 9.75. The van der Waals surface area contributed by atoms with Crippen LogP contribution in [0.1, 0.15) is 72.6 Å². The Bertz CT molecular complexity index is 5250. The second-order valence-corrected chi connectivity index (χ2v) is 25.4. The molecular formula is C79H62N8O7. The highest BCUT2D eigenvalue weighted by molar-refractivity contribution is 6.09. The first-order chi connectivity index (χ1) is 45.6. The van der Waals surface area contributed by atoms with E-state index in [2.05, 4.69) is 194 Å². The van der Waals surface area contributed by atoms with Gasteiger partial charge in [-0.1, -0.05) is 125 Å². The van der Waals surface area contributed by atoms with Gasteiger partial charge in [-0.05, 0) is 153 Å². The van der Waals surface area contributed by atoms with E-state index >= 15 is 0 Å². The molecule has 0 bridgehead atoms. The Morgan fingerprint density at radius 1 is 0.426 bits per heavy atom. The predicted molar refractivity (Wildman–Crippen MR) is 373 cm³/mol. The fourth-order valence-electron chi connectivity index (χ4n) is 14.4. The first-order valence-electron chi connectivity index (χ1n) is 31.1. The molecule has 94 heavy (non-hydrogen) atoms. The number of nitrogen functional groups attached to an aromatic ring is 3. The van der Waals surface area contributed by atoms with E-state index in [0.717, 1.165) is 83.9 Å². The van der Waals surface area contributed by atoms with Crippen molar-refractivity contribution in [1.29, 1.82) is 0 Å². The molecule has 1 aromatic heterocycles. The highest BCUT2D eigenvalue weighted by Gasteiger charge is 2.40. The normalized spacial score (nSPS) is 14.3. The topological polar surface area (TPSA) is 200 Å². The first-order valence-corrected chi connectivity index (χ1v) is 31.1. The molecule has 4 aliphatic rings. The lowest BCUT2D eigenvalue weighted by Gasteiger charge is -2.42. The molecule has 0 unspecified atom stereocenters. The summed E-state index contributed by atoms with van der Waals surface area (Å²) in [4.78, 5) is 17.2. The molecule has 0 saturated carbocycles. The number of rotatable bonds is 10. The quantitative estimate of drug-likeness (QED) is 0.0295. The second kappa shape index (κ2) is 20.8. The van der Waals surface area contributed by atoms with Crippen LogP contribution in [0.5, 0.6) is 57.5 Å². The smallest absolute Gasteiger partial charge is 0.181 e. The number of hydrogen-bond donors (Lipinski definition) is 7. The van der Waals surface area contributed by atoms with E-state index in [4.69, 9.17) is 41.2 Å². The molecule has 0 spiro atoms. The number of hydrogen-bond acceptors (Lipinski definition) is 14. The van der Waals surface area contributed by atoms with E-state index in [0.29, 0.717) is 57.4 Å². The number of ether oxygens (including phenoxy) is 3. The van der Waals surface area contributed by atoms with E-state index < -0.39 is 5.41 Å². The molecule has 3 aliphatic heterocycles. The maximum Gasteiger partial charge on any atom is 0.181 e. The maximum absolute atomic E-state index is 10.7. The zero-order valence-electron chi connectivity index (χ0n) is 51.6. The van der Waals surface area contributed by atoms with Crippen LogP contribution in [0.3, 0.4) is 0 Å². The van der Waals surface area contributed by atoms with Gasteiger partial charge in [-0.3, -0.25) is 4.68 Å². The van der Waals surface area contributed by atoms with Gasteiger partial charge in [-0.2, -0.15) is 0 Å². The SMILES string of the molecule is CC1(C)c2ccccc2C(c2ccc(N3c4ccc(NOc5ccc6c(c5)Oc5cc(O)ccc5N6c5ccc(-c6ccc7c(c6)c6ccccc6n7N)cc5)cc4C(C)(C)c4cc(NOc5cc6c(cc5N)Oc5cc(N)c(O)cc5O6)ccc43)cc2)c2ccccc21. The monoisotopic (exact) mass is 1230 g/mol. The third kappa shape index (κ3) is 8.87. The van der Waals surface area contributed by atoms with Gasteiger partial charge in [0.1, 0.15) is 11.5 Å². The van der Waals surface area contributed by atoms with Crippen LogP contribution in [0.15, 0.2) is 237 Å². The zero-order valence-corrected chi connectivity index (χ0v) is 51.6. The molecule has 0 atom stereocenters. The van der Waals surface area contributed by atoms with Gasteiger partial charge in [0.15, 0.2) is 46.0 Å². The van der Waals surface area contributed by atoms with Crippen LogP contribution in [-0.2, 0) is 10.8 Å². The Morgan fingerprint density at radius 3 is 1.64 bits per heavy atom. The standard InChI is InChI=1S/C79H62N8O7/c1-78(2)57-14-8-5-12-54(57)77(55-13-6-9-15-58(55)78)45-19-26-49(27-20-45)85-65-31-22-47(36-59(65)79(3,4)60-37-48(23-32-66(60)85)84-94-70-43-76-74(41-62(70)81)91-73-40-61(80)69(89)42-75(73)92-76)83-93-52-29-34-68-72(39-52)90-71-38-51(88)28-33-67(71)86(68)50-24-17-44(18-25-50)46-21-30-64-56(35-46)53-11-7-10-16-63(53)87(64)82/h5-43,77,83-84,88-89H,80-82H2,1-4H3. The lowest BCUT2D eigenvalue weighted by Crippen LogP contribution is -2.31. The summed E-state index contributed by atoms with van der Waals surface area (Å²) in [6, 6.07) is 79.3. The molecule has 0 saturated heterocycles. The first kappa shape index (κ1) is 55.7. The summed E-state index contributed by atoms with van der Waals surface area (Å²) in [6.07, 6.45) is 0. The third-order valence-corrected chi connectivity index (χ3v) is 19.1. The van der Waals surface area contributed by atoms with Gasteiger partial charge in [0.05, 0.1) is 56.5 Å². The Hall–Kier alpha value is -12.4. The fourth-order valence-corrected chi connectivity index (χ4v) is 14.4. The lowest BCUT2D eigenvalue weighted by molar-refractivity contribution is 0.350. The van der Waals surface area contributed by atoms with Crippen LogP contribution in [0.2, 0.25) is 0 Å². The van der Waals surface area contributed by atoms with Crippen LogP contribution in [0, 0.1) is 0 Å². The Morgan fingerprint density at radius 2 is 0.947 bits per heavy atom. The van der Waals surface area contributed by atoms with Crippen molar-refractivity contribution < 1.29 is 34.1 Å². The molecule has 460 valence electrons. The van der Waals surface area contributed by atoms with Crippen LogP contribution in [-0.4, -0.2) is 14.9 Å². The van der Waals surface area contributed by atoms with Crippen molar-refractivity contribution in [3.8, 4) is 68.6 Å². The molecule has 12 aromatic carbocycles. The average molecular weight is 1240 g/mol. The Labute approximate surface area is 541 Å². The van der Waals surface area contributed by atoms with Crippen LogP contribution in [0.4, 0.5) is 56.9 Å². The number of para-hydroxylation sites is 1. The van der Waals surface area contributed by atoms with Crippen molar-refractivity contribution in [2.24, 2.45) is 0 Å². The van der Waals surface area contributed by atoms with Gasteiger partial charge in [-0.25, -0.2) is 11.0 Å².